The molecule has 0 spiro atoms. The summed E-state index contributed by atoms with van der Waals surface area (Å²) in [6.07, 6.45) is 3.54. The van der Waals surface area contributed by atoms with E-state index in [1.54, 1.807) is 23.9 Å². The van der Waals surface area contributed by atoms with E-state index in [4.69, 9.17) is 0 Å². The van der Waals surface area contributed by atoms with E-state index in [1.807, 2.05) is 36.6 Å². The molecule has 3 heteroatoms. The molecule has 0 saturated heterocycles. The van der Waals surface area contributed by atoms with Gasteiger partial charge in [-0.3, -0.25) is 0 Å². The molecular weight excluding hydrogens is 283 g/mol. The van der Waals surface area contributed by atoms with Gasteiger partial charge in [-0.25, -0.2) is 4.39 Å². The topological polar surface area (TPSA) is 20.2 Å². The Balaban J connectivity index is 2.14. The van der Waals surface area contributed by atoms with Crippen molar-refractivity contribution in [3.05, 3.63) is 76.4 Å². The van der Waals surface area contributed by atoms with Crippen molar-refractivity contribution in [1.29, 1.82) is 0 Å². The third-order valence-corrected chi connectivity index (χ3v) is 4.94. The van der Waals surface area contributed by atoms with Gasteiger partial charge in [0.25, 0.3) is 0 Å². The highest BCUT2D eigenvalue weighted by Crippen LogP contribution is 2.51. The van der Waals surface area contributed by atoms with E-state index in [0.717, 1.165) is 23.1 Å². The lowest BCUT2D eigenvalue weighted by atomic mass is 9.84. The molecule has 2 aromatic carbocycles. The molecule has 0 heterocycles. The van der Waals surface area contributed by atoms with Crippen LogP contribution >= 0.6 is 11.8 Å². The summed E-state index contributed by atoms with van der Waals surface area (Å²) in [5.41, 5.74) is 1.72. The van der Waals surface area contributed by atoms with Crippen LogP contribution in [0.2, 0.25) is 0 Å². The fourth-order valence-corrected chi connectivity index (χ4v) is 3.80. The molecule has 0 radical (unpaired) electrons. The summed E-state index contributed by atoms with van der Waals surface area (Å²) < 4.78 is 13.2. The molecule has 3 rings (SSSR count). The van der Waals surface area contributed by atoms with Gasteiger partial charge in [0.1, 0.15) is 11.4 Å². The number of hydrogen-bond donors (Lipinski definition) is 1. The molecule has 0 bridgehead atoms. The molecular formula is C18H17FOS. The molecule has 1 nitrogen and oxygen atoms in total. The van der Waals surface area contributed by atoms with Crippen LogP contribution in [0.25, 0.3) is 5.57 Å². The Morgan fingerprint density at radius 2 is 1.71 bits per heavy atom. The molecule has 1 aliphatic rings. The van der Waals surface area contributed by atoms with Crippen LogP contribution in [0.3, 0.4) is 0 Å². The first-order valence-electron chi connectivity index (χ1n) is 6.96. The van der Waals surface area contributed by atoms with Gasteiger partial charge in [0.05, 0.1) is 0 Å². The summed E-state index contributed by atoms with van der Waals surface area (Å²) >= 11 is 1.66. The van der Waals surface area contributed by atoms with Crippen LogP contribution in [0.1, 0.15) is 24.0 Å². The molecule has 0 fully saturated rings. The summed E-state index contributed by atoms with van der Waals surface area (Å²) in [7, 11) is 0. The van der Waals surface area contributed by atoms with E-state index in [9.17, 15) is 9.50 Å². The van der Waals surface area contributed by atoms with E-state index in [2.05, 4.69) is 0 Å². The lowest BCUT2D eigenvalue weighted by Gasteiger charge is -2.28. The van der Waals surface area contributed by atoms with Crippen LogP contribution in [0.15, 0.2) is 59.5 Å². The van der Waals surface area contributed by atoms with Gasteiger partial charge in [-0.2, -0.15) is 0 Å². The second kappa shape index (κ2) is 5.66. The van der Waals surface area contributed by atoms with E-state index in [1.165, 1.54) is 17.0 Å². The Kier molecular flexibility index (Phi) is 3.87. The summed E-state index contributed by atoms with van der Waals surface area (Å²) in [6, 6.07) is 16.1. The minimum Gasteiger partial charge on any atom is -0.380 e. The van der Waals surface area contributed by atoms with E-state index < -0.39 is 5.60 Å². The monoisotopic (exact) mass is 300 g/mol. The van der Waals surface area contributed by atoms with E-state index in [0.29, 0.717) is 6.42 Å². The molecule has 21 heavy (non-hydrogen) atoms. The highest BCUT2D eigenvalue weighted by Gasteiger charge is 2.40. The van der Waals surface area contributed by atoms with Crippen LogP contribution < -0.4 is 0 Å². The molecule has 0 aliphatic heterocycles. The van der Waals surface area contributed by atoms with Crippen molar-refractivity contribution in [2.45, 2.75) is 18.4 Å². The third kappa shape index (κ3) is 2.52. The molecule has 0 saturated carbocycles. The fraction of sp³-hybridized carbons (Fsp3) is 0.222. The van der Waals surface area contributed by atoms with Crippen LogP contribution in [-0.2, 0) is 5.60 Å². The van der Waals surface area contributed by atoms with Crippen molar-refractivity contribution in [2.75, 3.05) is 6.26 Å². The maximum Gasteiger partial charge on any atom is 0.123 e. The number of allylic oxidation sites excluding steroid dienone is 1. The number of hydrogen-bond acceptors (Lipinski definition) is 2. The predicted molar refractivity (Wildman–Crippen MR) is 86.4 cm³/mol. The number of rotatable bonds is 3. The number of benzene rings is 2. The second-order valence-electron chi connectivity index (χ2n) is 5.24. The van der Waals surface area contributed by atoms with Crippen LogP contribution in [0, 0.1) is 5.82 Å². The van der Waals surface area contributed by atoms with Gasteiger partial charge in [0.2, 0.25) is 0 Å². The summed E-state index contributed by atoms with van der Waals surface area (Å²) in [4.78, 5) is 1.17. The minimum atomic E-state index is -0.989. The molecule has 1 unspecified atom stereocenters. The van der Waals surface area contributed by atoms with Crippen molar-refractivity contribution < 1.29 is 9.50 Å². The van der Waals surface area contributed by atoms with Crippen LogP contribution in [0.5, 0.6) is 0 Å². The maximum absolute atomic E-state index is 13.2. The van der Waals surface area contributed by atoms with Gasteiger partial charge in [0, 0.05) is 5.57 Å². The van der Waals surface area contributed by atoms with Crippen LogP contribution in [-0.4, -0.2) is 11.4 Å². The van der Waals surface area contributed by atoms with Crippen molar-refractivity contribution in [2.24, 2.45) is 0 Å². The zero-order valence-corrected chi connectivity index (χ0v) is 12.7. The Hall–Kier alpha value is -1.58. The summed E-state index contributed by atoms with van der Waals surface area (Å²) in [5, 5.41) is 11.3. The fourth-order valence-electron chi connectivity index (χ4n) is 3.00. The lowest BCUT2D eigenvalue weighted by Crippen LogP contribution is -2.24. The quantitative estimate of drug-likeness (QED) is 0.895. The van der Waals surface area contributed by atoms with E-state index in [-0.39, 0.29) is 5.82 Å². The molecule has 108 valence electrons. The number of thioether (sulfide) groups is 1. The smallest absolute Gasteiger partial charge is 0.123 e. The average Bonchev–Trinajstić information content (AvgIpc) is 2.87. The first-order valence-corrected chi connectivity index (χ1v) is 8.19. The van der Waals surface area contributed by atoms with Crippen molar-refractivity contribution in [1.82, 2.24) is 0 Å². The number of halogens is 1. The van der Waals surface area contributed by atoms with Crippen molar-refractivity contribution >= 4 is 17.3 Å². The summed E-state index contributed by atoms with van der Waals surface area (Å²) in [6.45, 7) is 0. The Morgan fingerprint density at radius 3 is 2.33 bits per heavy atom. The van der Waals surface area contributed by atoms with Gasteiger partial charge in [-0.1, -0.05) is 42.5 Å². The highest BCUT2D eigenvalue weighted by atomic mass is 32.2. The molecule has 2 aromatic rings. The molecule has 0 aromatic heterocycles. The molecule has 0 amide bonds. The minimum absolute atomic E-state index is 0.258. The average molecular weight is 300 g/mol. The van der Waals surface area contributed by atoms with Gasteiger partial charge in [-0.15, -0.1) is 11.8 Å². The van der Waals surface area contributed by atoms with Gasteiger partial charge >= 0.3 is 0 Å². The normalized spacial score (nSPS) is 21.9. The van der Waals surface area contributed by atoms with Gasteiger partial charge < -0.3 is 5.11 Å². The Morgan fingerprint density at radius 1 is 1.05 bits per heavy atom. The zero-order valence-electron chi connectivity index (χ0n) is 11.8. The van der Waals surface area contributed by atoms with Crippen molar-refractivity contribution in [3.63, 3.8) is 0 Å². The molecule has 1 atom stereocenters. The van der Waals surface area contributed by atoms with Crippen LogP contribution in [0.4, 0.5) is 4.39 Å². The van der Waals surface area contributed by atoms with E-state index >= 15 is 0 Å². The molecule has 1 N–H and O–H groups in total. The first-order chi connectivity index (χ1) is 10.1. The first kappa shape index (κ1) is 14.4. The predicted octanol–water partition coefficient (Wildman–Crippen LogP) is 4.58. The third-order valence-electron chi connectivity index (χ3n) is 4.04. The maximum atomic E-state index is 13.2. The highest BCUT2D eigenvalue weighted by molar-refractivity contribution is 8.02. The number of aliphatic hydroxyl groups is 1. The summed E-state index contributed by atoms with van der Waals surface area (Å²) in [5.74, 6) is -0.258. The Bertz CT molecular complexity index is 663. The second-order valence-corrected chi connectivity index (χ2v) is 6.14. The SMILES string of the molecule is CSC1=C(c2ccc(F)cc2)C(O)(c2ccccc2)CC1. The van der Waals surface area contributed by atoms with Crippen molar-refractivity contribution in [3.8, 4) is 0 Å². The zero-order chi connectivity index (χ0) is 14.9. The lowest BCUT2D eigenvalue weighted by molar-refractivity contribution is 0.0995. The van der Waals surface area contributed by atoms with Gasteiger partial charge in [-0.05, 0) is 47.3 Å². The van der Waals surface area contributed by atoms with Gasteiger partial charge in [0.15, 0.2) is 0 Å². The largest absolute Gasteiger partial charge is 0.380 e. The Labute approximate surface area is 128 Å². The molecule has 1 aliphatic carbocycles. The standard InChI is InChI=1S/C18H17FOS/c1-21-16-11-12-18(20,14-5-3-2-4-6-14)17(16)13-7-9-15(19)10-8-13/h2-10,20H,11-12H2,1H3.